The van der Waals surface area contributed by atoms with E-state index in [2.05, 4.69) is 21.0 Å². The molecule has 3 aromatic rings. The molecule has 0 saturated carbocycles. The smallest absolute Gasteiger partial charge is 0.143 e. The third kappa shape index (κ3) is 2.07. The zero-order valence-electron chi connectivity index (χ0n) is 9.57. The molecule has 7 heteroatoms. The Kier molecular flexibility index (Phi) is 2.95. The number of hydrogen-bond acceptors (Lipinski definition) is 7. The topological polar surface area (TPSA) is 88.5 Å². The number of anilines is 1. The molecule has 3 aromatic heterocycles. The highest BCUT2D eigenvalue weighted by molar-refractivity contribution is 7.13. The van der Waals surface area contributed by atoms with Crippen molar-refractivity contribution < 1.29 is 0 Å². The van der Waals surface area contributed by atoms with Gasteiger partial charge in [-0.1, -0.05) is 0 Å². The third-order valence-corrected chi connectivity index (χ3v) is 4.02. The van der Waals surface area contributed by atoms with Crippen LogP contribution in [0.4, 0.5) is 5.69 Å². The lowest BCUT2D eigenvalue weighted by Crippen LogP contribution is -1.98. The minimum Gasteiger partial charge on any atom is -0.398 e. The lowest BCUT2D eigenvalue weighted by atomic mass is 10.1. The molecule has 0 aliphatic carbocycles. The van der Waals surface area contributed by atoms with Crippen LogP contribution in [0.15, 0.2) is 29.2 Å². The highest BCUT2D eigenvalue weighted by atomic mass is 32.1. The average Bonchev–Trinajstić information content (AvgIpc) is 3.11. The molecule has 0 aliphatic heterocycles. The first-order valence-electron chi connectivity index (χ1n) is 5.30. The Hall–Kier alpha value is -2.30. The molecule has 0 saturated heterocycles. The Morgan fingerprint density at radius 2 is 1.79 bits per heavy atom. The molecule has 19 heavy (non-hydrogen) atoms. The van der Waals surface area contributed by atoms with E-state index in [9.17, 15) is 5.26 Å². The summed E-state index contributed by atoms with van der Waals surface area (Å²) in [6.45, 7) is 0. The van der Waals surface area contributed by atoms with E-state index in [0.29, 0.717) is 27.6 Å². The van der Waals surface area contributed by atoms with Gasteiger partial charge in [0.2, 0.25) is 0 Å². The molecule has 0 aromatic carbocycles. The molecule has 0 bridgehead atoms. The molecule has 0 unspecified atom stereocenters. The number of aromatic nitrogens is 3. The van der Waals surface area contributed by atoms with Crippen LogP contribution < -0.4 is 5.73 Å². The van der Waals surface area contributed by atoms with Gasteiger partial charge in [0.15, 0.2) is 0 Å². The summed E-state index contributed by atoms with van der Waals surface area (Å²) in [7, 11) is 0. The van der Waals surface area contributed by atoms with Gasteiger partial charge in [-0.05, 0) is 6.07 Å². The Bertz CT molecular complexity index is 741. The van der Waals surface area contributed by atoms with E-state index in [1.807, 2.05) is 10.8 Å². The predicted molar refractivity (Wildman–Crippen MR) is 75.6 cm³/mol. The summed E-state index contributed by atoms with van der Waals surface area (Å²) in [4.78, 5) is 12.9. The van der Waals surface area contributed by atoms with E-state index >= 15 is 0 Å². The molecular formula is C12H7N5S2. The van der Waals surface area contributed by atoms with E-state index in [1.165, 1.54) is 22.7 Å². The largest absolute Gasteiger partial charge is 0.398 e. The zero-order valence-corrected chi connectivity index (χ0v) is 11.2. The Morgan fingerprint density at radius 3 is 2.37 bits per heavy atom. The summed E-state index contributed by atoms with van der Waals surface area (Å²) < 4.78 is 0. The van der Waals surface area contributed by atoms with Gasteiger partial charge in [0.05, 0.1) is 5.69 Å². The van der Waals surface area contributed by atoms with Crippen LogP contribution in [0.3, 0.4) is 0 Å². The van der Waals surface area contributed by atoms with Crippen molar-refractivity contribution in [3.05, 3.63) is 34.8 Å². The number of hydrogen-bond donors (Lipinski definition) is 1. The summed E-state index contributed by atoms with van der Waals surface area (Å²) >= 11 is 2.90. The van der Waals surface area contributed by atoms with Gasteiger partial charge in [0.25, 0.3) is 0 Å². The maximum atomic E-state index is 9.21. The van der Waals surface area contributed by atoms with Crippen molar-refractivity contribution in [2.75, 3.05) is 5.73 Å². The summed E-state index contributed by atoms with van der Waals surface area (Å²) in [5, 5.41) is 14.4. The third-order valence-electron chi connectivity index (χ3n) is 2.45. The number of nitriles is 1. The van der Waals surface area contributed by atoms with Crippen molar-refractivity contribution in [3.8, 4) is 27.5 Å². The minimum atomic E-state index is 0.357. The molecule has 0 spiro atoms. The number of nitrogens with zero attached hydrogens (tertiary/aromatic N) is 4. The van der Waals surface area contributed by atoms with Gasteiger partial charge < -0.3 is 5.73 Å². The minimum absolute atomic E-state index is 0.357. The van der Waals surface area contributed by atoms with Crippen LogP contribution in [0.2, 0.25) is 0 Å². The molecule has 2 N–H and O–H groups in total. The molecule has 92 valence electrons. The molecule has 3 heterocycles. The van der Waals surface area contributed by atoms with E-state index < -0.39 is 0 Å². The van der Waals surface area contributed by atoms with Gasteiger partial charge in [-0.3, -0.25) is 0 Å². The summed E-state index contributed by atoms with van der Waals surface area (Å²) in [6.07, 6.45) is 3.38. The lowest BCUT2D eigenvalue weighted by molar-refractivity contribution is 1.26. The Morgan fingerprint density at radius 1 is 1.11 bits per heavy atom. The highest BCUT2D eigenvalue weighted by Crippen LogP contribution is 2.31. The van der Waals surface area contributed by atoms with Crippen LogP contribution in [0.1, 0.15) is 5.56 Å². The van der Waals surface area contributed by atoms with Gasteiger partial charge in [-0.2, -0.15) is 5.26 Å². The highest BCUT2D eigenvalue weighted by Gasteiger charge is 2.16. The molecular weight excluding hydrogens is 278 g/mol. The van der Waals surface area contributed by atoms with Crippen molar-refractivity contribution in [2.24, 2.45) is 0 Å². The molecule has 3 rings (SSSR count). The number of nitrogen functional groups attached to an aromatic ring is 1. The van der Waals surface area contributed by atoms with Crippen molar-refractivity contribution in [1.29, 1.82) is 5.26 Å². The van der Waals surface area contributed by atoms with Crippen molar-refractivity contribution in [2.45, 2.75) is 0 Å². The fraction of sp³-hybridized carbons (Fsp3) is 0. The molecule has 0 aliphatic rings. The zero-order chi connectivity index (χ0) is 13.2. The number of thiazole rings is 2. The van der Waals surface area contributed by atoms with Gasteiger partial charge in [-0.25, -0.2) is 15.0 Å². The first-order chi connectivity index (χ1) is 9.29. The Balaban J connectivity index is 2.25. The van der Waals surface area contributed by atoms with Crippen molar-refractivity contribution >= 4 is 28.4 Å². The van der Waals surface area contributed by atoms with E-state index in [4.69, 9.17) is 5.73 Å². The first-order valence-corrected chi connectivity index (χ1v) is 7.06. The first kappa shape index (κ1) is 11.8. The maximum absolute atomic E-state index is 9.21. The fourth-order valence-electron chi connectivity index (χ4n) is 1.64. The molecule has 0 amide bonds. The van der Waals surface area contributed by atoms with Crippen LogP contribution in [-0.4, -0.2) is 15.0 Å². The quantitative estimate of drug-likeness (QED) is 0.782. The fourth-order valence-corrected chi connectivity index (χ4v) is 2.87. The van der Waals surface area contributed by atoms with Crippen LogP contribution in [-0.2, 0) is 0 Å². The second-order valence-corrected chi connectivity index (χ2v) is 5.40. The second-order valence-electron chi connectivity index (χ2n) is 3.61. The van der Waals surface area contributed by atoms with Crippen LogP contribution in [0.25, 0.3) is 21.4 Å². The molecule has 0 radical (unpaired) electrons. The average molecular weight is 285 g/mol. The van der Waals surface area contributed by atoms with Crippen LogP contribution in [0, 0.1) is 11.3 Å². The monoisotopic (exact) mass is 285 g/mol. The molecule has 0 atom stereocenters. The van der Waals surface area contributed by atoms with Crippen LogP contribution >= 0.6 is 22.7 Å². The Labute approximate surface area is 117 Å². The van der Waals surface area contributed by atoms with Crippen LogP contribution in [0.5, 0.6) is 0 Å². The summed E-state index contributed by atoms with van der Waals surface area (Å²) in [6, 6.07) is 3.76. The number of pyridine rings is 1. The van der Waals surface area contributed by atoms with E-state index in [1.54, 1.807) is 18.5 Å². The van der Waals surface area contributed by atoms with Crippen molar-refractivity contribution in [3.63, 3.8) is 0 Å². The van der Waals surface area contributed by atoms with Gasteiger partial charge in [-0.15, -0.1) is 22.7 Å². The predicted octanol–water partition coefficient (Wildman–Crippen LogP) is 2.78. The second kappa shape index (κ2) is 4.76. The van der Waals surface area contributed by atoms with Gasteiger partial charge >= 0.3 is 0 Å². The van der Waals surface area contributed by atoms with Crippen molar-refractivity contribution in [1.82, 2.24) is 15.0 Å². The van der Waals surface area contributed by atoms with E-state index in [0.717, 1.165) is 5.01 Å². The summed E-state index contributed by atoms with van der Waals surface area (Å²) in [5.41, 5.74) is 7.87. The van der Waals surface area contributed by atoms with Gasteiger partial charge in [0, 0.05) is 23.2 Å². The number of rotatable bonds is 2. The molecule has 0 fully saturated rings. The van der Waals surface area contributed by atoms with E-state index in [-0.39, 0.29) is 0 Å². The maximum Gasteiger partial charge on any atom is 0.143 e. The number of nitrogens with two attached hydrogens (primary N) is 1. The molecule has 5 nitrogen and oxygen atoms in total. The summed E-state index contributed by atoms with van der Waals surface area (Å²) in [5.74, 6) is 0. The lowest BCUT2D eigenvalue weighted by Gasteiger charge is -2.05. The standard InChI is InChI=1S/C12H7N5S2/c13-6-7-8(14)5-9(11-15-1-3-18-11)17-10(7)12-16-2-4-19-12/h1-5H,(H2,14,17). The normalized spacial score (nSPS) is 10.3. The SMILES string of the molecule is N#Cc1c(N)cc(-c2nccs2)nc1-c1nccs1. The van der Waals surface area contributed by atoms with Gasteiger partial charge in [0.1, 0.15) is 33.0 Å².